The zero-order chi connectivity index (χ0) is 14.4. The maximum absolute atomic E-state index is 11.7. The van der Waals surface area contributed by atoms with E-state index in [2.05, 4.69) is 26.6 Å². The molecule has 0 atom stereocenters. The number of halogens is 1. The van der Waals surface area contributed by atoms with Gasteiger partial charge in [0.05, 0.1) is 0 Å². The SMILES string of the molecule is O=C(NCc1ccccc1)C(=O)Nc1cccc(Br)c1. The highest BCUT2D eigenvalue weighted by Crippen LogP contribution is 2.15. The Balaban J connectivity index is 1.88. The van der Waals surface area contributed by atoms with Crippen LogP contribution in [-0.4, -0.2) is 11.8 Å². The molecule has 5 heteroatoms. The Morgan fingerprint density at radius 1 is 0.950 bits per heavy atom. The summed E-state index contributed by atoms with van der Waals surface area (Å²) in [6.45, 7) is 0.325. The van der Waals surface area contributed by atoms with Gasteiger partial charge in [0, 0.05) is 16.7 Å². The molecule has 0 aliphatic carbocycles. The molecule has 0 aromatic heterocycles. The van der Waals surface area contributed by atoms with Crippen LogP contribution >= 0.6 is 15.9 Å². The third-order valence-electron chi connectivity index (χ3n) is 2.58. The lowest BCUT2D eigenvalue weighted by Gasteiger charge is -2.06. The first-order valence-electron chi connectivity index (χ1n) is 6.04. The van der Waals surface area contributed by atoms with Crippen molar-refractivity contribution in [3.63, 3.8) is 0 Å². The second kappa shape index (κ2) is 6.86. The van der Waals surface area contributed by atoms with Crippen LogP contribution in [0.3, 0.4) is 0 Å². The monoisotopic (exact) mass is 332 g/mol. The minimum atomic E-state index is -0.681. The predicted molar refractivity (Wildman–Crippen MR) is 81.1 cm³/mol. The van der Waals surface area contributed by atoms with Crippen LogP contribution in [0.5, 0.6) is 0 Å². The van der Waals surface area contributed by atoms with Gasteiger partial charge in [-0.1, -0.05) is 52.3 Å². The van der Waals surface area contributed by atoms with Crippen molar-refractivity contribution in [3.05, 3.63) is 64.6 Å². The number of hydrogen-bond acceptors (Lipinski definition) is 2. The quantitative estimate of drug-likeness (QED) is 0.849. The van der Waals surface area contributed by atoms with Crippen LogP contribution in [0.25, 0.3) is 0 Å². The third-order valence-corrected chi connectivity index (χ3v) is 3.08. The van der Waals surface area contributed by atoms with Crippen molar-refractivity contribution >= 4 is 33.4 Å². The number of anilines is 1. The zero-order valence-corrected chi connectivity index (χ0v) is 12.2. The third kappa shape index (κ3) is 4.20. The molecule has 2 rings (SSSR count). The van der Waals surface area contributed by atoms with E-state index in [0.717, 1.165) is 10.0 Å². The Bertz CT molecular complexity index is 614. The molecule has 0 aliphatic heterocycles. The average molecular weight is 333 g/mol. The van der Waals surface area contributed by atoms with Gasteiger partial charge in [0.15, 0.2) is 0 Å². The van der Waals surface area contributed by atoms with Crippen molar-refractivity contribution in [2.75, 3.05) is 5.32 Å². The molecule has 0 saturated heterocycles. The fourth-order valence-electron chi connectivity index (χ4n) is 1.61. The van der Waals surface area contributed by atoms with Crippen LogP contribution in [0, 0.1) is 0 Å². The van der Waals surface area contributed by atoms with Gasteiger partial charge >= 0.3 is 11.8 Å². The van der Waals surface area contributed by atoms with E-state index >= 15 is 0 Å². The van der Waals surface area contributed by atoms with E-state index in [-0.39, 0.29) is 0 Å². The van der Waals surface area contributed by atoms with Gasteiger partial charge in [-0.15, -0.1) is 0 Å². The maximum Gasteiger partial charge on any atom is 0.313 e. The fraction of sp³-hybridized carbons (Fsp3) is 0.0667. The molecule has 2 aromatic carbocycles. The summed E-state index contributed by atoms with van der Waals surface area (Å²) in [6, 6.07) is 16.5. The number of carbonyl (C=O) groups is 2. The number of hydrogen-bond donors (Lipinski definition) is 2. The first kappa shape index (κ1) is 14.3. The smallest absolute Gasteiger partial charge is 0.313 e. The standard InChI is InChI=1S/C15H13BrN2O2/c16-12-7-4-8-13(9-12)18-15(20)14(19)17-10-11-5-2-1-3-6-11/h1-9H,10H2,(H,17,19)(H,18,20). The molecule has 2 N–H and O–H groups in total. The molecule has 0 radical (unpaired) electrons. The minimum Gasteiger partial charge on any atom is -0.344 e. The van der Waals surface area contributed by atoms with E-state index in [0.29, 0.717) is 12.2 Å². The number of benzene rings is 2. The molecular formula is C15H13BrN2O2. The topological polar surface area (TPSA) is 58.2 Å². The molecule has 20 heavy (non-hydrogen) atoms. The Morgan fingerprint density at radius 3 is 2.40 bits per heavy atom. The Morgan fingerprint density at radius 2 is 1.70 bits per heavy atom. The van der Waals surface area contributed by atoms with Crippen molar-refractivity contribution in [1.29, 1.82) is 0 Å². The molecule has 0 heterocycles. The summed E-state index contributed by atoms with van der Waals surface area (Å²) < 4.78 is 0.833. The van der Waals surface area contributed by atoms with Crippen LogP contribution < -0.4 is 10.6 Å². The summed E-state index contributed by atoms with van der Waals surface area (Å²) in [7, 11) is 0. The van der Waals surface area contributed by atoms with Gasteiger partial charge in [-0.3, -0.25) is 9.59 Å². The molecule has 2 amide bonds. The van der Waals surface area contributed by atoms with Gasteiger partial charge < -0.3 is 10.6 Å². The second-order valence-corrected chi connectivity index (χ2v) is 5.05. The summed E-state index contributed by atoms with van der Waals surface area (Å²) in [6.07, 6.45) is 0. The van der Waals surface area contributed by atoms with Crippen molar-refractivity contribution in [2.24, 2.45) is 0 Å². The molecular weight excluding hydrogens is 320 g/mol. The maximum atomic E-state index is 11.7. The van der Waals surface area contributed by atoms with E-state index in [1.807, 2.05) is 36.4 Å². The molecule has 0 saturated carbocycles. The van der Waals surface area contributed by atoms with Gasteiger partial charge in [0.1, 0.15) is 0 Å². The summed E-state index contributed by atoms with van der Waals surface area (Å²) in [5.41, 5.74) is 1.51. The van der Waals surface area contributed by atoms with Crippen LogP contribution in [-0.2, 0) is 16.1 Å². The van der Waals surface area contributed by atoms with Crippen molar-refractivity contribution in [1.82, 2.24) is 5.32 Å². The van der Waals surface area contributed by atoms with Gasteiger partial charge in [-0.25, -0.2) is 0 Å². The fourth-order valence-corrected chi connectivity index (χ4v) is 2.01. The van der Waals surface area contributed by atoms with Gasteiger partial charge in [-0.2, -0.15) is 0 Å². The highest BCUT2D eigenvalue weighted by molar-refractivity contribution is 9.10. The van der Waals surface area contributed by atoms with Crippen LogP contribution in [0.4, 0.5) is 5.69 Å². The first-order valence-corrected chi connectivity index (χ1v) is 6.83. The summed E-state index contributed by atoms with van der Waals surface area (Å²) in [5.74, 6) is -1.34. The Labute approximate surface area is 125 Å². The van der Waals surface area contributed by atoms with Crippen molar-refractivity contribution < 1.29 is 9.59 Å². The molecule has 2 aromatic rings. The molecule has 0 unspecified atom stereocenters. The van der Waals surface area contributed by atoms with Gasteiger partial charge in [0.25, 0.3) is 0 Å². The zero-order valence-electron chi connectivity index (χ0n) is 10.6. The molecule has 0 aliphatic rings. The van der Waals surface area contributed by atoms with E-state index in [1.165, 1.54) is 0 Å². The molecule has 0 spiro atoms. The highest BCUT2D eigenvalue weighted by atomic mass is 79.9. The van der Waals surface area contributed by atoms with E-state index in [9.17, 15) is 9.59 Å². The molecule has 102 valence electrons. The van der Waals surface area contributed by atoms with Crippen LogP contribution in [0.1, 0.15) is 5.56 Å². The van der Waals surface area contributed by atoms with Crippen LogP contribution in [0.2, 0.25) is 0 Å². The lowest BCUT2D eigenvalue weighted by Crippen LogP contribution is -2.34. The Hall–Kier alpha value is -2.14. The molecule has 4 nitrogen and oxygen atoms in total. The second-order valence-electron chi connectivity index (χ2n) is 4.13. The van der Waals surface area contributed by atoms with Crippen molar-refractivity contribution in [3.8, 4) is 0 Å². The lowest BCUT2D eigenvalue weighted by atomic mass is 10.2. The summed E-state index contributed by atoms with van der Waals surface area (Å²) >= 11 is 3.30. The average Bonchev–Trinajstić information content (AvgIpc) is 2.46. The predicted octanol–water partition coefficient (Wildman–Crippen LogP) is 2.70. The number of amides is 2. The molecule has 0 fully saturated rings. The summed E-state index contributed by atoms with van der Waals surface area (Å²) in [4.78, 5) is 23.4. The van der Waals surface area contributed by atoms with Crippen LogP contribution in [0.15, 0.2) is 59.1 Å². The van der Waals surface area contributed by atoms with E-state index in [4.69, 9.17) is 0 Å². The van der Waals surface area contributed by atoms with Gasteiger partial charge in [0.2, 0.25) is 0 Å². The Kier molecular flexibility index (Phi) is 4.90. The van der Waals surface area contributed by atoms with E-state index < -0.39 is 11.8 Å². The normalized spacial score (nSPS) is 9.85. The van der Waals surface area contributed by atoms with Gasteiger partial charge in [-0.05, 0) is 23.8 Å². The number of rotatable bonds is 3. The highest BCUT2D eigenvalue weighted by Gasteiger charge is 2.13. The van der Waals surface area contributed by atoms with E-state index in [1.54, 1.807) is 18.2 Å². The first-order chi connectivity index (χ1) is 9.65. The number of nitrogens with one attached hydrogen (secondary N) is 2. The minimum absolute atomic E-state index is 0.325. The largest absolute Gasteiger partial charge is 0.344 e. The lowest BCUT2D eigenvalue weighted by molar-refractivity contribution is -0.136. The summed E-state index contributed by atoms with van der Waals surface area (Å²) in [5, 5.41) is 5.11. The molecule has 0 bridgehead atoms. The van der Waals surface area contributed by atoms with Crippen molar-refractivity contribution in [2.45, 2.75) is 6.54 Å². The number of carbonyl (C=O) groups excluding carboxylic acids is 2.